The second kappa shape index (κ2) is 33.2. The van der Waals surface area contributed by atoms with E-state index in [1.165, 1.54) is 25.3 Å². The van der Waals surface area contributed by atoms with Crippen molar-refractivity contribution in [2.75, 3.05) is 25.6 Å². The van der Waals surface area contributed by atoms with E-state index in [4.69, 9.17) is 29.0 Å². The number of carbonyl (C=O) groups excluding carboxylic acids is 2. The van der Waals surface area contributed by atoms with E-state index in [0.717, 1.165) is 62.1 Å². The summed E-state index contributed by atoms with van der Waals surface area (Å²) < 4.78 is 56.4. The molecule has 0 saturated carbocycles. The van der Waals surface area contributed by atoms with Gasteiger partial charge in [-0.1, -0.05) is 127 Å². The Morgan fingerprint density at radius 2 is 1.55 bits per heavy atom. The van der Waals surface area contributed by atoms with Gasteiger partial charge < -0.3 is 45.1 Å². The molecule has 0 bridgehead atoms. The average molecular weight is 976 g/mol. The number of phosphoric acid groups is 2. The SMILES string of the molecule is CCCCC/C=C\C[C@@H](O)/C=C/C=C\C/C=C\CCCC(=O)OC[C@H](COP(=O)(O)OP(=O)(O)OC[C@H]1O[C@@H](n2ccc(N)nc2=O)[C@H](O)[C@@H]1O)OC(=O)CCCCCCCCC(C)CC. The summed E-state index contributed by atoms with van der Waals surface area (Å²) >= 11 is 0. The molecule has 1 aromatic rings. The lowest BCUT2D eigenvalue weighted by molar-refractivity contribution is -0.161. The van der Waals surface area contributed by atoms with Gasteiger partial charge in [0.1, 0.15) is 30.7 Å². The van der Waals surface area contributed by atoms with Crippen molar-refractivity contribution in [3.05, 3.63) is 71.4 Å². The van der Waals surface area contributed by atoms with Gasteiger partial charge in [0.25, 0.3) is 0 Å². The van der Waals surface area contributed by atoms with Crippen LogP contribution in [0.25, 0.3) is 0 Å². The second-order valence-electron chi connectivity index (χ2n) is 16.3. The highest BCUT2D eigenvalue weighted by Crippen LogP contribution is 2.60. The number of ether oxygens (including phenoxy) is 3. The number of aliphatic hydroxyl groups is 3. The minimum Gasteiger partial charge on any atom is -0.462 e. The van der Waals surface area contributed by atoms with Gasteiger partial charge in [0.2, 0.25) is 0 Å². The van der Waals surface area contributed by atoms with Gasteiger partial charge in [-0.25, -0.2) is 13.9 Å². The third-order valence-corrected chi connectivity index (χ3v) is 13.1. The Balaban J connectivity index is 1.86. The number of anilines is 1. The molecule has 1 aliphatic heterocycles. The van der Waals surface area contributed by atoms with Crippen molar-refractivity contribution in [1.29, 1.82) is 0 Å². The molecule has 1 aliphatic rings. The molecule has 1 saturated heterocycles. The highest BCUT2D eigenvalue weighted by atomic mass is 31.3. The first-order valence-corrected chi connectivity index (χ1v) is 26.1. The van der Waals surface area contributed by atoms with Gasteiger partial charge >= 0.3 is 33.3 Å². The Hall–Kier alpha value is -3.32. The molecule has 9 atom stereocenters. The smallest absolute Gasteiger partial charge is 0.462 e. The molecule has 0 spiro atoms. The molecular formula is C45H75N3O16P2. The predicted octanol–water partition coefficient (Wildman–Crippen LogP) is 7.43. The summed E-state index contributed by atoms with van der Waals surface area (Å²) in [7, 11) is -10.9. The fraction of sp³-hybridized carbons (Fsp3) is 0.689. The van der Waals surface area contributed by atoms with E-state index in [0.29, 0.717) is 38.0 Å². The number of phosphoric ester groups is 2. The van der Waals surface area contributed by atoms with Crippen molar-refractivity contribution in [3.8, 4) is 0 Å². The number of rotatable bonds is 36. The highest BCUT2D eigenvalue weighted by molar-refractivity contribution is 7.61. The second-order valence-corrected chi connectivity index (χ2v) is 19.4. The quantitative estimate of drug-likeness (QED) is 0.0125. The van der Waals surface area contributed by atoms with Crippen molar-refractivity contribution in [3.63, 3.8) is 0 Å². The van der Waals surface area contributed by atoms with E-state index in [9.17, 15) is 48.6 Å². The van der Waals surface area contributed by atoms with E-state index >= 15 is 0 Å². The number of hydrogen-bond acceptors (Lipinski definition) is 16. The summed E-state index contributed by atoms with van der Waals surface area (Å²) in [5, 5.41) is 30.9. The number of nitrogens with zero attached hydrogens (tertiary/aromatic N) is 2. The Morgan fingerprint density at radius 1 is 0.864 bits per heavy atom. The Kier molecular flexibility index (Phi) is 29.6. The summed E-state index contributed by atoms with van der Waals surface area (Å²) in [5.41, 5.74) is 4.56. The molecule has 2 heterocycles. The fourth-order valence-electron chi connectivity index (χ4n) is 6.48. The molecule has 1 fully saturated rings. The maximum atomic E-state index is 12.8. The van der Waals surface area contributed by atoms with Crippen molar-refractivity contribution in [1.82, 2.24) is 9.55 Å². The zero-order valence-electron chi connectivity index (χ0n) is 38.8. The molecule has 66 heavy (non-hydrogen) atoms. The van der Waals surface area contributed by atoms with Gasteiger partial charge in [-0.05, 0) is 56.9 Å². The van der Waals surface area contributed by atoms with Crippen LogP contribution in [0.4, 0.5) is 5.82 Å². The molecule has 0 aliphatic carbocycles. The number of esters is 2. The number of aliphatic hydroxyl groups excluding tert-OH is 3. The van der Waals surface area contributed by atoms with Crippen molar-refractivity contribution >= 4 is 33.4 Å². The lowest BCUT2D eigenvalue weighted by Crippen LogP contribution is -2.36. The van der Waals surface area contributed by atoms with E-state index < -0.39 is 89.8 Å². The predicted molar refractivity (Wildman–Crippen MR) is 248 cm³/mol. The molecule has 0 radical (unpaired) electrons. The minimum atomic E-state index is -5.44. The molecule has 21 heteroatoms. The normalized spacial score (nSPS) is 21.1. The minimum absolute atomic E-state index is 0.0180. The van der Waals surface area contributed by atoms with Crippen molar-refractivity contribution < 1.29 is 71.4 Å². The van der Waals surface area contributed by atoms with Crippen LogP contribution in [0.2, 0.25) is 0 Å². The third-order valence-electron chi connectivity index (χ3n) is 10.5. The number of nitrogen functional groups attached to an aromatic ring is 1. The molecule has 19 nitrogen and oxygen atoms in total. The van der Waals surface area contributed by atoms with E-state index in [2.05, 4.69) is 36.1 Å². The number of allylic oxidation sites excluding steroid dienone is 6. The van der Waals surface area contributed by atoms with Gasteiger partial charge in [-0.2, -0.15) is 9.29 Å². The largest absolute Gasteiger partial charge is 0.481 e. The van der Waals surface area contributed by atoms with Crippen molar-refractivity contribution in [2.45, 2.75) is 173 Å². The van der Waals surface area contributed by atoms with Crippen LogP contribution < -0.4 is 11.4 Å². The average Bonchev–Trinajstić information content (AvgIpc) is 3.54. The zero-order chi connectivity index (χ0) is 48.8. The first-order chi connectivity index (χ1) is 31.5. The van der Waals surface area contributed by atoms with Crippen LogP contribution in [0.3, 0.4) is 0 Å². The Bertz CT molecular complexity index is 1820. The molecule has 2 rings (SSSR count). The van der Waals surface area contributed by atoms with Crippen LogP contribution in [0.1, 0.15) is 143 Å². The van der Waals surface area contributed by atoms with Crippen LogP contribution in [0.15, 0.2) is 65.7 Å². The maximum absolute atomic E-state index is 12.8. The lowest BCUT2D eigenvalue weighted by Gasteiger charge is -2.21. The first kappa shape index (κ1) is 58.8. The summed E-state index contributed by atoms with van der Waals surface area (Å²) in [4.78, 5) is 61.6. The van der Waals surface area contributed by atoms with E-state index in [-0.39, 0.29) is 18.7 Å². The van der Waals surface area contributed by atoms with Crippen LogP contribution in [0, 0.1) is 5.92 Å². The lowest BCUT2D eigenvalue weighted by atomic mass is 10.00. The van der Waals surface area contributed by atoms with E-state index in [1.807, 2.05) is 30.4 Å². The number of hydrogen-bond donors (Lipinski definition) is 6. The van der Waals surface area contributed by atoms with Crippen LogP contribution in [0.5, 0.6) is 0 Å². The van der Waals surface area contributed by atoms with Gasteiger partial charge in [0.05, 0.1) is 19.3 Å². The fourth-order valence-corrected chi connectivity index (χ4v) is 8.59. The zero-order valence-corrected chi connectivity index (χ0v) is 40.5. The summed E-state index contributed by atoms with van der Waals surface area (Å²) in [6.07, 6.45) is 22.8. The standard InChI is InChI=1S/C45H75N3O16P2/c1-4-6-7-8-16-21-26-36(49)27-22-17-11-9-10-12-18-23-28-40(50)59-32-37(62-41(51)29-24-19-14-13-15-20-25-35(3)5-2)33-60-65(55,56)64-66(57,58)61-34-38-42(52)43(53)44(63-38)48-31-30-39(46)47-45(48)54/h10-12,16-17,21-22,27,30-31,35-38,42-44,49,52-53H,4-9,13-15,18-20,23-26,28-29,32-34H2,1-3H3,(H,55,56)(H,57,58)(H2,46,47,54)/b12-10-,17-11-,21-16-,27-22+/t35?,36-,37-,38-,42-,43-,44-/m1/s1. The number of nitrogens with two attached hydrogens (primary N) is 1. The van der Waals surface area contributed by atoms with E-state index in [1.54, 1.807) is 12.2 Å². The van der Waals surface area contributed by atoms with Crippen LogP contribution in [-0.4, -0.2) is 96.9 Å². The van der Waals surface area contributed by atoms with Crippen LogP contribution >= 0.6 is 15.6 Å². The van der Waals surface area contributed by atoms with Crippen LogP contribution in [-0.2, 0) is 46.3 Å². The molecule has 1 aromatic heterocycles. The number of aromatic nitrogens is 2. The Labute approximate surface area is 389 Å². The Morgan fingerprint density at radius 3 is 2.27 bits per heavy atom. The summed E-state index contributed by atoms with van der Waals surface area (Å²) in [6.45, 7) is 4.18. The first-order valence-electron chi connectivity index (χ1n) is 23.2. The molecule has 7 N–H and O–H groups in total. The summed E-state index contributed by atoms with van der Waals surface area (Å²) in [5.74, 6) is -0.716. The van der Waals surface area contributed by atoms with Crippen molar-refractivity contribution in [2.24, 2.45) is 5.92 Å². The van der Waals surface area contributed by atoms with Gasteiger partial charge in [0, 0.05) is 19.0 Å². The highest BCUT2D eigenvalue weighted by Gasteiger charge is 2.46. The molecular weight excluding hydrogens is 900 g/mol. The van der Waals surface area contributed by atoms with Gasteiger partial charge in [-0.3, -0.25) is 23.2 Å². The molecule has 376 valence electrons. The van der Waals surface area contributed by atoms with Gasteiger partial charge in [0.15, 0.2) is 12.3 Å². The summed E-state index contributed by atoms with van der Waals surface area (Å²) in [6, 6.07) is 1.24. The topological polar surface area (TPSA) is 286 Å². The number of unbranched alkanes of at least 4 members (excludes halogenated alkanes) is 9. The maximum Gasteiger partial charge on any atom is 0.481 e. The monoisotopic (exact) mass is 975 g/mol. The molecule has 3 unspecified atom stereocenters. The molecule has 0 amide bonds. The number of carbonyl (C=O) groups is 2. The molecule has 0 aromatic carbocycles. The third kappa shape index (κ3) is 26.3. The van der Waals surface area contributed by atoms with Gasteiger partial charge in [-0.15, -0.1) is 0 Å².